The first kappa shape index (κ1) is 14.0. The van der Waals surface area contributed by atoms with E-state index in [4.69, 9.17) is 15.3 Å². The van der Waals surface area contributed by atoms with Gasteiger partial charge in [0.05, 0.1) is 16.6 Å². The minimum absolute atomic E-state index is 0.0595. The van der Waals surface area contributed by atoms with E-state index in [0.29, 0.717) is 5.56 Å². The fourth-order valence-electron chi connectivity index (χ4n) is 1.64. The summed E-state index contributed by atoms with van der Waals surface area (Å²) < 4.78 is 5.40. The van der Waals surface area contributed by atoms with Crippen molar-refractivity contribution in [2.45, 2.75) is 6.61 Å². The van der Waals surface area contributed by atoms with Crippen molar-refractivity contribution < 1.29 is 9.66 Å². The van der Waals surface area contributed by atoms with Gasteiger partial charge in [-0.2, -0.15) is 10.5 Å². The Morgan fingerprint density at radius 2 is 2.05 bits per heavy atom. The van der Waals surface area contributed by atoms with E-state index in [1.807, 2.05) is 12.1 Å². The lowest BCUT2D eigenvalue weighted by atomic mass is 10.2. The van der Waals surface area contributed by atoms with Crippen LogP contribution in [0.4, 0.5) is 5.69 Å². The molecule has 21 heavy (non-hydrogen) atoms. The molecule has 1 heterocycles. The van der Waals surface area contributed by atoms with E-state index < -0.39 is 4.92 Å². The first-order valence-electron chi connectivity index (χ1n) is 5.80. The first-order valence-corrected chi connectivity index (χ1v) is 5.80. The molecule has 0 N–H and O–H groups in total. The van der Waals surface area contributed by atoms with Crippen LogP contribution in [0.3, 0.4) is 0 Å². The number of nitro groups is 1. The minimum atomic E-state index is -0.608. The lowest BCUT2D eigenvalue weighted by Gasteiger charge is -2.07. The van der Waals surface area contributed by atoms with Gasteiger partial charge in [0.1, 0.15) is 18.4 Å². The maximum absolute atomic E-state index is 11.0. The summed E-state index contributed by atoms with van der Waals surface area (Å²) in [5.74, 6) is 0.0642. The Hall–Kier alpha value is -3.45. The first-order chi connectivity index (χ1) is 10.1. The zero-order valence-electron chi connectivity index (χ0n) is 10.7. The predicted octanol–water partition coefficient (Wildman–Crippen LogP) is 2.31. The van der Waals surface area contributed by atoms with Crippen LogP contribution in [0.5, 0.6) is 5.75 Å². The third kappa shape index (κ3) is 3.31. The molecule has 7 heteroatoms. The Morgan fingerprint density at radius 1 is 1.24 bits per heavy atom. The van der Waals surface area contributed by atoms with Gasteiger partial charge >= 0.3 is 5.69 Å². The second kappa shape index (κ2) is 6.13. The molecule has 0 aliphatic carbocycles. The van der Waals surface area contributed by atoms with Gasteiger partial charge in [-0.05, 0) is 29.8 Å². The molecular formula is C14H8N4O3. The van der Waals surface area contributed by atoms with Crippen LogP contribution in [0.25, 0.3) is 0 Å². The van der Waals surface area contributed by atoms with Crippen molar-refractivity contribution in [1.29, 1.82) is 10.5 Å². The molecular weight excluding hydrogens is 272 g/mol. The summed E-state index contributed by atoms with van der Waals surface area (Å²) in [5, 5.41) is 28.5. The molecule has 7 nitrogen and oxygen atoms in total. The van der Waals surface area contributed by atoms with Gasteiger partial charge in [-0.15, -0.1) is 0 Å². The number of ether oxygens (including phenoxy) is 1. The summed E-state index contributed by atoms with van der Waals surface area (Å²) in [6.07, 6.45) is 1.46. The number of nitrogens with zero attached hydrogens (tertiary/aromatic N) is 4. The molecule has 1 aromatic carbocycles. The quantitative estimate of drug-likeness (QED) is 0.627. The highest BCUT2D eigenvalue weighted by Gasteiger charge is 2.16. The standard InChI is InChI=1S/C14H8N4O3/c15-7-10-1-2-14(13(6-10)18(19)20)21-9-11-3-4-17-12(5-11)8-16/h1-6H,9H2. The average Bonchev–Trinajstić information content (AvgIpc) is 2.52. The Balaban J connectivity index is 2.22. The molecule has 0 fully saturated rings. The van der Waals surface area contributed by atoms with Crippen molar-refractivity contribution in [3.8, 4) is 17.9 Å². The van der Waals surface area contributed by atoms with Crippen LogP contribution < -0.4 is 4.74 Å². The smallest absolute Gasteiger partial charge is 0.312 e. The van der Waals surface area contributed by atoms with E-state index in [0.717, 1.165) is 6.07 Å². The third-order valence-electron chi connectivity index (χ3n) is 2.62. The molecule has 1 aromatic heterocycles. The summed E-state index contributed by atoms with van der Waals surface area (Å²) in [5.41, 5.74) is 0.818. The van der Waals surface area contributed by atoms with Crippen LogP contribution in [0.1, 0.15) is 16.8 Å². The summed E-state index contributed by atoms with van der Waals surface area (Å²) >= 11 is 0. The Labute approximate surface area is 119 Å². The van der Waals surface area contributed by atoms with Crippen molar-refractivity contribution in [2.24, 2.45) is 0 Å². The second-order valence-electron chi connectivity index (χ2n) is 4.00. The molecule has 0 bridgehead atoms. The third-order valence-corrected chi connectivity index (χ3v) is 2.62. The Kier molecular flexibility index (Phi) is 4.08. The summed E-state index contributed by atoms with van der Waals surface area (Å²) in [6, 6.07) is 10.9. The molecule has 0 atom stereocenters. The Morgan fingerprint density at radius 3 is 2.71 bits per heavy atom. The maximum Gasteiger partial charge on any atom is 0.312 e. The van der Waals surface area contributed by atoms with Gasteiger partial charge in [-0.3, -0.25) is 10.1 Å². The zero-order valence-corrected chi connectivity index (χ0v) is 10.7. The minimum Gasteiger partial charge on any atom is -0.482 e. The summed E-state index contributed by atoms with van der Waals surface area (Å²) in [7, 11) is 0. The highest BCUT2D eigenvalue weighted by atomic mass is 16.6. The molecule has 102 valence electrons. The van der Waals surface area contributed by atoms with Gasteiger partial charge in [0, 0.05) is 12.3 Å². The van der Waals surface area contributed by atoms with Gasteiger partial charge in [-0.1, -0.05) is 0 Å². The number of hydrogen-bond acceptors (Lipinski definition) is 6. The van der Waals surface area contributed by atoms with Crippen molar-refractivity contribution in [2.75, 3.05) is 0 Å². The molecule has 0 aliphatic heterocycles. The average molecular weight is 280 g/mol. The largest absolute Gasteiger partial charge is 0.482 e. The highest BCUT2D eigenvalue weighted by Crippen LogP contribution is 2.28. The lowest BCUT2D eigenvalue weighted by molar-refractivity contribution is -0.386. The van der Waals surface area contributed by atoms with Crippen molar-refractivity contribution in [1.82, 2.24) is 4.98 Å². The van der Waals surface area contributed by atoms with Gasteiger partial charge < -0.3 is 4.74 Å². The number of nitro benzene ring substituents is 1. The topological polar surface area (TPSA) is 113 Å². The van der Waals surface area contributed by atoms with E-state index >= 15 is 0 Å². The monoisotopic (exact) mass is 280 g/mol. The van der Waals surface area contributed by atoms with Crippen molar-refractivity contribution >= 4 is 5.69 Å². The van der Waals surface area contributed by atoms with Crippen LogP contribution in [-0.2, 0) is 6.61 Å². The van der Waals surface area contributed by atoms with Crippen LogP contribution >= 0.6 is 0 Å². The highest BCUT2D eigenvalue weighted by molar-refractivity contribution is 5.51. The number of hydrogen-bond donors (Lipinski definition) is 0. The van der Waals surface area contributed by atoms with E-state index in [1.54, 1.807) is 6.07 Å². The van der Waals surface area contributed by atoms with Crippen LogP contribution in [-0.4, -0.2) is 9.91 Å². The fourth-order valence-corrected chi connectivity index (χ4v) is 1.64. The summed E-state index contributed by atoms with van der Waals surface area (Å²) in [6.45, 7) is 0.0595. The van der Waals surface area contributed by atoms with E-state index in [1.165, 1.54) is 24.4 Å². The number of benzene rings is 1. The van der Waals surface area contributed by atoms with Gasteiger partial charge in [-0.25, -0.2) is 4.98 Å². The number of rotatable bonds is 4. The van der Waals surface area contributed by atoms with Gasteiger partial charge in [0.2, 0.25) is 0 Å². The van der Waals surface area contributed by atoms with E-state index in [-0.39, 0.29) is 29.3 Å². The molecule has 0 unspecified atom stereocenters. The molecule has 0 radical (unpaired) electrons. The van der Waals surface area contributed by atoms with Gasteiger partial charge in [0.25, 0.3) is 0 Å². The summed E-state index contributed by atoms with van der Waals surface area (Å²) in [4.78, 5) is 14.2. The van der Waals surface area contributed by atoms with Crippen molar-refractivity contribution in [3.05, 3.63) is 63.5 Å². The zero-order chi connectivity index (χ0) is 15.2. The molecule has 0 amide bonds. The number of nitriles is 2. The SMILES string of the molecule is N#Cc1ccc(OCc2ccnc(C#N)c2)c([N+](=O)[O-])c1. The lowest BCUT2D eigenvalue weighted by Crippen LogP contribution is -2.00. The fraction of sp³-hybridized carbons (Fsp3) is 0.0714. The predicted molar refractivity (Wildman–Crippen MR) is 71.1 cm³/mol. The van der Waals surface area contributed by atoms with Crippen LogP contribution in [0.2, 0.25) is 0 Å². The molecule has 2 rings (SSSR count). The molecule has 0 aliphatic rings. The molecule has 2 aromatic rings. The number of pyridine rings is 1. The maximum atomic E-state index is 11.0. The van der Waals surface area contributed by atoms with Crippen LogP contribution in [0, 0.1) is 32.8 Å². The Bertz CT molecular complexity index is 775. The molecule has 0 saturated heterocycles. The van der Waals surface area contributed by atoms with E-state index in [9.17, 15) is 10.1 Å². The van der Waals surface area contributed by atoms with Gasteiger partial charge in [0.15, 0.2) is 5.75 Å². The molecule has 0 saturated carbocycles. The van der Waals surface area contributed by atoms with E-state index in [2.05, 4.69) is 4.98 Å². The number of aromatic nitrogens is 1. The van der Waals surface area contributed by atoms with Crippen LogP contribution in [0.15, 0.2) is 36.5 Å². The molecule has 0 spiro atoms. The normalized spacial score (nSPS) is 9.43. The van der Waals surface area contributed by atoms with Crippen molar-refractivity contribution in [3.63, 3.8) is 0 Å². The second-order valence-corrected chi connectivity index (χ2v) is 4.00.